The van der Waals surface area contributed by atoms with Gasteiger partial charge in [-0.05, 0) is 52.5 Å². The van der Waals surface area contributed by atoms with Crippen molar-refractivity contribution in [2.75, 3.05) is 26.9 Å². The number of rotatable bonds is 5. The zero-order valence-electron chi connectivity index (χ0n) is 18.7. The second-order valence-electron chi connectivity index (χ2n) is 8.99. The summed E-state index contributed by atoms with van der Waals surface area (Å²) in [7, 11) is 1.47. The number of hydrogen-bond acceptors (Lipinski definition) is 6. The van der Waals surface area contributed by atoms with Crippen LogP contribution in [0.5, 0.6) is 5.88 Å². The van der Waals surface area contributed by atoms with Crippen molar-refractivity contribution in [2.45, 2.75) is 70.6 Å². The Kier molecular flexibility index (Phi) is 7.35. The summed E-state index contributed by atoms with van der Waals surface area (Å²) in [6.45, 7) is 6.98. The van der Waals surface area contributed by atoms with E-state index in [1.165, 1.54) is 18.1 Å². The van der Waals surface area contributed by atoms with E-state index < -0.39 is 23.6 Å². The Bertz CT molecular complexity index is 805. The number of nitrogens with one attached hydrogen (secondary N) is 1. The summed E-state index contributed by atoms with van der Waals surface area (Å²) in [5.74, 6) is -0.572. The molecule has 0 bridgehead atoms. The van der Waals surface area contributed by atoms with E-state index in [2.05, 4.69) is 10.3 Å². The fourth-order valence-electron chi connectivity index (χ4n) is 3.95. The molecule has 0 spiro atoms. The molecule has 2 amide bonds. The fraction of sp³-hybridized carbons (Fsp3) is 0.682. The Labute approximate surface area is 182 Å². The number of aromatic nitrogens is 1. The lowest BCUT2D eigenvalue weighted by Gasteiger charge is -2.28. The van der Waals surface area contributed by atoms with Gasteiger partial charge in [0.2, 0.25) is 11.8 Å². The summed E-state index contributed by atoms with van der Waals surface area (Å²) >= 11 is 0. The molecule has 1 aromatic heterocycles. The van der Waals surface area contributed by atoms with Crippen molar-refractivity contribution in [1.82, 2.24) is 15.2 Å². The minimum atomic E-state index is -0.637. The van der Waals surface area contributed by atoms with Crippen LogP contribution in [0.25, 0.3) is 0 Å². The van der Waals surface area contributed by atoms with E-state index in [1.54, 1.807) is 20.8 Å². The lowest BCUT2D eigenvalue weighted by Crippen LogP contribution is -2.47. The molecule has 0 aliphatic carbocycles. The summed E-state index contributed by atoms with van der Waals surface area (Å²) in [5, 5.41) is 2.79. The third-order valence-electron chi connectivity index (χ3n) is 5.42. The molecule has 172 valence electrons. The molecule has 3 heterocycles. The number of hydrogen-bond donors (Lipinski definition) is 1. The summed E-state index contributed by atoms with van der Waals surface area (Å²) < 4.78 is 30.9. The van der Waals surface area contributed by atoms with Gasteiger partial charge in [0.15, 0.2) is 0 Å². The van der Waals surface area contributed by atoms with E-state index in [0.717, 1.165) is 19.3 Å². The maximum Gasteiger partial charge on any atom is 0.410 e. The highest BCUT2D eigenvalue weighted by molar-refractivity contribution is 5.86. The van der Waals surface area contributed by atoms with Crippen LogP contribution in [0.2, 0.25) is 0 Å². The molecule has 2 fully saturated rings. The largest absolute Gasteiger partial charge is 0.481 e. The molecule has 9 heteroatoms. The van der Waals surface area contributed by atoms with Gasteiger partial charge in [-0.15, -0.1) is 0 Å². The first kappa shape index (κ1) is 23.2. The van der Waals surface area contributed by atoms with E-state index in [0.29, 0.717) is 37.4 Å². The first-order valence-corrected chi connectivity index (χ1v) is 10.8. The van der Waals surface area contributed by atoms with Crippen molar-refractivity contribution in [3.05, 3.63) is 23.1 Å². The summed E-state index contributed by atoms with van der Waals surface area (Å²) in [5.41, 5.74) is 0.136. The number of amides is 2. The Hall–Kier alpha value is -2.42. The highest BCUT2D eigenvalue weighted by atomic mass is 19.1. The number of ether oxygens (including phenoxy) is 3. The lowest BCUT2D eigenvalue weighted by atomic mass is 9.97. The number of carbonyl (C=O) groups is 2. The van der Waals surface area contributed by atoms with Crippen LogP contribution in [-0.2, 0) is 20.8 Å². The van der Waals surface area contributed by atoms with Crippen LogP contribution >= 0.6 is 0 Å². The number of halogens is 1. The average molecular weight is 438 g/mol. The maximum atomic E-state index is 14.7. The van der Waals surface area contributed by atoms with Crippen molar-refractivity contribution in [3.63, 3.8) is 0 Å². The molecule has 0 radical (unpaired) electrons. The van der Waals surface area contributed by atoms with Gasteiger partial charge >= 0.3 is 6.09 Å². The van der Waals surface area contributed by atoms with Gasteiger partial charge in [0, 0.05) is 31.2 Å². The van der Waals surface area contributed by atoms with Crippen LogP contribution in [0.3, 0.4) is 0 Å². The highest BCUT2D eigenvalue weighted by Crippen LogP contribution is 2.29. The first-order valence-electron chi connectivity index (χ1n) is 10.8. The van der Waals surface area contributed by atoms with Crippen LogP contribution < -0.4 is 10.1 Å². The Morgan fingerprint density at radius 2 is 2.10 bits per heavy atom. The molecule has 31 heavy (non-hydrogen) atoms. The van der Waals surface area contributed by atoms with Gasteiger partial charge in [0.05, 0.1) is 19.4 Å². The average Bonchev–Trinajstić information content (AvgIpc) is 3.22. The molecule has 1 unspecified atom stereocenters. The molecule has 2 aliphatic rings. The third-order valence-corrected chi connectivity index (χ3v) is 5.42. The van der Waals surface area contributed by atoms with Crippen LogP contribution in [0.1, 0.15) is 63.6 Å². The monoisotopic (exact) mass is 437 g/mol. The first-order chi connectivity index (χ1) is 14.7. The number of pyridine rings is 1. The van der Waals surface area contributed by atoms with E-state index in [9.17, 15) is 14.0 Å². The maximum absolute atomic E-state index is 14.7. The van der Waals surface area contributed by atoms with Crippen molar-refractivity contribution < 1.29 is 28.2 Å². The van der Waals surface area contributed by atoms with E-state index in [-0.39, 0.29) is 24.2 Å². The van der Waals surface area contributed by atoms with Crippen molar-refractivity contribution in [1.29, 1.82) is 0 Å². The SMILES string of the molecule is COc1nc(C2CCCOC2)c(F)cc1CNC(=O)[C@@H]1CCCN1C(=O)OC(C)(C)C. The van der Waals surface area contributed by atoms with E-state index >= 15 is 0 Å². The minimum absolute atomic E-state index is 0.0477. The third kappa shape index (κ3) is 5.84. The molecular weight excluding hydrogens is 405 g/mol. The molecule has 2 saturated heterocycles. The van der Waals surface area contributed by atoms with Crippen LogP contribution in [0.4, 0.5) is 9.18 Å². The van der Waals surface area contributed by atoms with Gasteiger partial charge in [-0.3, -0.25) is 9.69 Å². The van der Waals surface area contributed by atoms with Crippen molar-refractivity contribution >= 4 is 12.0 Å². The molecule has 1 aromatic rings. The molecular formula is C22H32FN3O5. The topological polar surface area (TPSA) is 90.0 Å². The zero-order valence-corrected chi connectivity index (χ0v) is 18.7. The van der Waals surface area contributed by atoms with Gasteiger partial charge in [-0.2, -0.15) is 0 Å². The minimum Gasteiger partial charge on any atom is -0.481 e. The second-order valence-corrected chi connectivity index (χ2v) is 8.99. The quantitative estimate of drug-likeness (QED) is 0.761. The molecule has 2 aliphatic heterocycles. The summed E-state index contributed by atoms with van der Waals surface area (Å²) in [6, 6.07) is 0.744. The van der Waals surface area contributed by atoms with Crippen LogP contribution in [0, 0.1) is 5.82 Å². The molecule has 1 N–H and O–H groups in total. The predicted molar refractivity (Wildman–Crippen MR) is 111 cm³/mol. The lowest BCUT2D eigenvalue weighted by molar-refractivity contribution is -0.125. The van der Waals surface area contributed by atoms with Gasteiger partial charge in [-0.1, -0.05) is 0 Å². The van der Waals surface area contributed by atoms with Gasteiger partial charge < -0.3 is 19.5 Å². The van der Waals surface area contributed by atoms with Gasteiger partial charge in [0.1, 0.15) is 17.5 Å². The predicted octanol–water partition coefficient (Wildman–Crippen LogP) is 3.14. The number of likely N-dealkylation sites (tertiary alicyclic amines) is 1. The highest BCUT2D eigenvalue weighted by Gasteiger charge is 2.36. The fourth-order valence-corrected chi connectivity index (χ4v) is 3.95. The Morgan fingerprint density at radius 1 is 1.32 bits per heavy atom. The summed E-state index contributed by atoms with van der Waals surface area (Å²) in [4.78, 5) is 31.0. The zero-order chi connectivity index (χ0) is 22.6. The molecule has 2 atom stereocenters. The standard InChI is InChI=1S/C22H32FN3O5/c1-22(2,3)31-21(28)26-9-5-8-17(26)19(27)24-12-15-11-16(23)18(25-20(15)29-4)14-7-6-10-30-13-14/h11,14,17H,5-10,12-13H2,1-4H3,(H,24,27)/t14?,17-/m0/s1. The van der Waals surface area contributed by atoms with Crippen molar-refractivity contribution in [3.8, 4) is 5.88 Å². The van der Waals surface area contributed by atoms with Crippen LogP contribution in [0.15, 0.2) is 6.07 Å². The number of carbonyl (C=O) groups excluding carboxylic acids is 2. The van der Waals surface area contributed by atoms with Crippen molar-refractivity contribution in [2.24, 2.45) is 0 Å². The Balaban J connectivity index is 1.66. The summed E-state index contributed by atoms with van der Waals surface area (Å²) in [6.07, 6.45) is 2.44. The molecule has 3 rings (SSSR count). The smallest absolute Gasteiger partial charge is 0.410 e. The molecule has 0 aromatic carbocycles. The Morgan fingerprint density at radius 3 is 2.74 bits per heavy atom. The normalized spacial score (nSPS) is 21.6. The van der Waals surface area contributed by atoms with E-state index in [1.807, 2.05) is 0 Å². The number of methoxy groups -OCH3 is 1. The van der Waals surface area contributed by atoms with Gasteiger partial charge in [0.25, 0.3) is 0 Å². The van der Waals surface area contributed by atoms with Gasteiger partial charge in [-0.25, -0.2) is 14.2 Å². The molecule has 8 nitrogen and oxygen atoms in total. The molecule has 0 saturated carbocycles. The second kappa shape index (κ2) is 9.80. The number of nitrogens with zero attached hydrogens (tertiary/aromatic N) is 2. The van der Waals surface area contributed by atoms with Crippen LogP contribution in [-0.4, -0.2) is 60.4 Å². The van der Waals surface area contributed by atoms with E-state index in [4.69, 9.17) is 14.2 Å².